The van der Waals surface area contributed by atoms with Crippen molar-refractivity contribution in [1.82, 2.24) is 4.90 Å². The number of likely N-dealkylation sites (tertiary alicyclic amines) is 1. The van der Waals surface area contributed by atoms with Gasteiger partial charge in [-0.2, -0.15) is 13.2 Å². The fourth-order valence-corrected chi connectivity index (χ4v) is 5.06. The topological polar surface area (TPSA) is 60.8 Å². The number of carboxylic acid groups (broad SMARTS) is 1. The van der Waals surface area contributed by atoms with Gasteiger partial charge in [0.25, 0.3) is 0 Å². The van der Waals surface area contributed by atoms with Gasteiger partial charge in [0, 0.05) is 24.5 Å². The summed E-state index contributed by atoms with van der Waals surface area (Å²) in [5.74, 6) is -2.76. The highest BCUT2D eigenvalue weighted by atomic mass is 32.1. The minimum atomic E-state index is -5.08. The lowest BCUT2D eigenvalue weighted by molar-refractivity contribution is -0.192. The van der Waals surface area contributed by atoms with Gasteiger partial charge < -0.3 is 10.2 Å². The Balaban J connectivity index is 0.000000298. The lowest BCUT2D eigenvalue weighted by Crippen LogP contribution is -2.30. The summed E-state index contributed by atoms with van der Waals surface area (Å²) in [7, 11) is 0. The molecule has 1 aliphatic heterocycles. The summed E-state index contributed by atoms with van der Waals surface area (Å²) in [6.45, 7) is 2.73. The number of carbonyl (C=O) groups is 1. The smallest absolute Gasteiger partial charge is 0.475 e. The molecule has 0 radical (unpaired) electrons. The van der Waals surface area contributed by atoms with Gasteiger partial charge in [0.05, 0.1) is 0 Å². The molecule has 2 heterocycles. The van der Waals surface area contributed by atoms with Gasteiger partial charge in [0.15, 0.2) is 0 Å². The van der Waals surface area contributed by atoms with Gasteiger partial charge >= 0.3 is 12.1 Å². The first-order chi connectivity index (χ1) is 13.7. The molecule has 0 spiro atoms. The van der Waals surface area contributed by atoms with E-state index in [0.29, 0.717) is 0 Å². The molecule has 158 valence electrons. The Hall–Kier alpha value is -1.90. The summed E-state index contributed by atoms with van der Waals surface area (Å²) in [4.78, 5) is 12.9. The quantitative estimate of drug-likeness (QED) is 0.765. The molecular formula is C21H24F3NO3S. The van der Waals surface area contributed by atoms with E-state index in [4.69, 9.17) is 9.90 Å². The number of rotatable bonds is 3. The highest BCUT2D eigenvalue weighted by Gasteiger charge is 2.38. The molecule has 1 aliphatic carbocycles. The Morgan fingerprint density at radius 2 is 1.83 bits per heavy atom. The van der Waals surface area contributed by atoms with Crippen LogP contribution in [0.5, 0.6) is 0 Å². The summed E-state index contributed by atoms with van der Waals surface area (Å²) < 4.78 is 31.7. The second-order valence-electron chi connectivity index (χ2n) is 7.53. The average molecular weight is 427 g/mol. The van der Waals surface area contributed by atoms with Crippen LogP contribution in [-0.2, 0) is 29.8 Å². The molecule has 1 atom stereocenters. The highest BCUT2D eigenvalue weighted by molar-refractivity contribution is 7.10. The third-order valence-corrected chi connectivity index (χ3v) is 6.56. The molecule has 1 aromatic heterocycles. The van der Waals surface area contributed by atoms with Crippen LogP contribution in [0.4, 0.5) is 13.2 Å². The fraction of sp³-hybridized carbons (Fsp3) is 0.476. The Kier molecular flexibility index (Phi) is 6.65. The maximum absolute atomic E-state index is 11.0. The zero-order chi connectivity index (χ0) is 21.1. The van der Waals surface area contributed by atoms with E-state index in [9.17, 15) is 18.3 Å². The number of hydrogen-bond acceptors (Lipinski definition) is 4. The summed E-state index contributed by atoms with van der Waals surface area (Å²) in [5.41, 5.74) is 3.52. The van der Waals surface area contributed by atoms with E-state index in [2.05, 4.69) is 22.4 Å². The summed E-state index contributed by atoms with van der Waals surface area (Å²) >= 11 is 1.94. The minimum Gasteiger partial charge on any atom is -0.475 e. The highest BCUT2D eigenvalue weighted by Crippen LogP contribution is 2.35. The van der Waals surface area contributed by atoms with Crippen molar-refractivity contribution < 1.29 is 28.2 Å². The van der Waals surface area contributed by atoms with Crippen LogP contribution in [-0.4, -0.2) is 40.3 Å². The largest absolute Gasteiger partial charge is 0.490 e. The van der Waals surface area contributed by atoms with Gasteiger partial charge in [-0.05, 0) is 54.2 Å². The normalized spacial score (nSPS) is 21.9. The van der Waals surface area contributed by atoms with Crippen molar-refractivity contribution in [1.29, 1.82) is 0 Å². The van der Waals surface area contributed by atoms with Crippen molar-refractivity contribution in [2.24, 2.45) is 0 Å². The molecule has 0 bridgehead atoms. The molecule has 1 saturated heterocycles. The van der Waals surface area contributed by atoms with Gasteiger partial charge in [-0.15, -0.1) is 11.3 Å². The van der Waals surface area contributed by atoms with Crippen molar-refractivity contribution >= 4 is 17.3 Å². The molecule has 2 N–H and O–H groups in total. The number of aliphatic carboxylic acids is 1. The molecular weight excluding hydrogens is 403 g/mol. The Bertz CT molecular complexity index is 837. The van der Waals surface area contributed by atoms with Crippen LogP contribution in [0.1, 0.15) is 40.8 Å². The van der Waals surface area contributed by atoms with Crippen molar-refractivity contribution in [3.8, 4) is 0 Å². The van der Waals surface area contributed by atoms with E-state index in [-0.39, 0.29) is 0 Å². The molecule has 4 nitrogen and oxygen atoms in total. The van der Waals surface area contributed by atoms with Crippen LogP contribution in [0.3, 0.4) is 0 Å². The van der Waals surface area contributed by atoms with Crippen molar-refractivity contribution in [3.63, 3.8) is 0 Å². The minimum absolute atomic E-state index is 0.669. The van der Waals surface area contributed by atoms with E-state index in [0.717, 1.165) is 31.6 Å². The Morgan fingerprint density at radius 1 is 1.17 bits per heavy atom. The number of hydrogen-bond donors (Lipinski definition) is 2. The van der Waals surface area contributed by atoms with Crippen molar-refractivity contribution in [2.75, 3.05) is 13.1 Å². The lowest BCUT2D eigenvalue weighted by atomic mass is 9.93. The number of β-amino-alcohol motifs (C(OH)–C–C–N with tert-alkyl or cyclic N) is 1. The number of thiophene rings is 1. The number of fused-ring (bicyclic) bond motifs is 1. The second-order valence-corrected chi connectivity index (χ2v) is 8.50. The zero-order valence-electron chi connectivity index (χ0n) is 15.9. The van der Waals surface area contributed by atoms with Crippen LogP contribution < -0.4 is 0 Å². The van der Waals surface area contributed by atoms with E-state index in [1.54, 1.807) is 10.4 Å². The summed E-state index contributed by atoms with van der Waals surface area (Å²) in [5, 5.41) is 20.4. The Morgan fingerprint density at radius 3 is 2.48 bits per heavy atom. The SMILES string of the molecule is O=C(O)C(F)(F)F.OC1(c2ccccc2)CCN(Cc2csc3c2CCCC3)C1. The van der Waals surface area contributed by atoms with Gasteiger partial charge in [0.1, 0.15) is 5.60 Å². The standard InChI is InChI=1S/C19H23NOS.C2HF3O2/c21-19(16-6-2-1-3-7-16)10-11-20(14-19)12-15-13-22-18-9-5-4-8-17(15)18;3-2(4,5)1(6)7/h1-3,6-7,13,21H,4-5,8-12,14H2;(H,6,7). The van der Waals surface area contributed by atoms with E-state index >= 15 is 0 Å². The molecule has 0 amide bonds. The van der Waals surface area contributed by atoms with Gasteiger partial charge in [-0.1, -0.05) is 30.3 Å². The lowest BCUT2D eigenvalue weighted by Gasteiger charge is -2.24. The summed E-state index contributed by atoms with van der Waals surface area (Å²) in [6.07, 6.45) is 0.970. The van der Waals surface area contributed by atoms with E-state index < -0.39 is 17.7 Å². The molecule has 1 fully saturated rings. The van der Waals surface area contributed by atoms with Crippen LogP contribution in [0, 0.1) is 0 Å². The fourth-order valence-electron chi connectivity index (χ4n) is 3.92. The first-order valence-electron chi connectivity index (χ1n) is 9.57. The van der Waals surface area contributed by atoms with Gasteiger partial charge in [-0.3, -0.25) is 4.90 Å². The molecule has 29 heavy (non-hydrogen) atoms. The molecule has 1 unspecified atom stereocenters. The molecule has 0 saturated carbocycles. The Labute approximate surface area is 171 Å². The first-order valence-corrected chi connectivity index (χ1v) is 10.5. The summed E-state index contributed by atoms with van der Waals surface area (Å²) in [6, 6.07) is 10.2. The number of aryl methyl sites for hydroxylation is 1. The van der Waals surface area contributed by atoms with Crippen LogP contribution in [0.15, 0.2) is 35.7 Å². The number of aliphatic hydroxyl groups is 1. The molecule has 2 aliphatic rings. The van der Waals surface area contributed by atoms with Crippen LogP contribution in [0.2, 0.25) is 0 Å². The molecule has 4 rings (SSSR count). The third-order valence-electron chi connectivity index (χ3n) is 5.42. The van der Waals surface area contributed by atoms with Crippen LogP contribution in [0.25, 0.3) is 0 Å². The second kappa shape index (κ2) is 8.85. The predicted octanol–water partition coefficient (Wildman–Crippen LogP) is 4.35. The van der Waals surface area contributed by atoms with Crippen molar-refractivity contribution in [2.45, 2.75) is 50.4 Å². The van der Waals surface area contributed by atoms with E-state index in [1.807, 2.05) is 29.5 Å². The molecule has 2 aromatic rings. The zero-order valence-corrected chi connectivity index (χ0v) is 16.7. The predicted molar refractivity (Wildman–Crippen MR) is 105 cm³/mol. The monoisotopic (exact) mass is 427 g/mol. The molecule has 8 heteroatoms. The molecule has 1 aromatic carbocycles. The van der Waals surface area contributed by atoms with Gasteiger partial charge in [0.2, 0.25) is 0 Å². The number of carboxylic acids is 1. The van der Waals surface area contributed by atoms with Crippen molar-refractivity contribution in [3.05, 3.63) is 57.3 Å². The maximum Gasteiger partial charge on any atom is 0.490 e. The third kappa shape index (κ3) is 5.38. The number of alkyl halides is 3. The first kappa shape index (κ1) is 21.8. The number of benzene rings is 1. The van der Waals surface area contributed by atoms with E-state index in [1.165, 1.54) is 31.2 Å². The maximum atomic E-state index is 11.0. The number of halogens is 3. The average Bonchev–Trinajstić information content (AvgIpc) is 3.27. The van der Waals surface area contributed by atoms with Gasteiger partial charge in [-0.25, -0.2) is 4.79 Å². The number of nitrogens with zero attached hydrogens (tertiary/aromatic N) is 1. The van der Waals surface area contributed by atoms with Crippen LogP contribution >= 0.6 is 11.3 Å².